The molecular weight excluding hydrogens is 254 g/mol. The number of nitrogens with zero attached hydrogens (tertiary/aromatic N) is 2. The minimum Gasteiger partial charge on any atom is -0.351 e. The van der Waals surface area contributed by atoms with E-state index in [1.165, 1.54) is 19.3 Å². The molecule has 0 saturated carbocycles. The van der Waals surface area contributed by atoms with Crippen LogP contribution in [0, 0.1) is 6.92 Å². The average Bonchev–Trinajstić information content (AvgIpc) is 2.47. The van der Waals surface area contributed by atoms with E-state index in [2.05, 4.69) is 20.6 Å². The number of hydrogen-bond donors (Lipinski definition) is 3. The molecule has 1 aliphatic heterocycles. The zero-order valence-corrected chi connectivity index (χ0v) is 12.0. The molecule has 0 radical (unpaired) electrons. The molecule has 0 unspecified atom stereocenters. The van der Waals surface area contributed by atoms with Gasteiger partial charge in [-0.25, -0.2) is 10.8 Å². The number of anilines is 1. The monoisotopic (exact) mass is 277 g/mol. The van der Waals surface area contributed by atoms with Crippen LogP contribution >= 0.6 is 0 Å². The van der Waals surface area contributed by atoms with Crippen LogP contribution in [0.2, 0.25) is 0 Å². The number of rotatable bonds is 5. The van der Waals surface area contributed by atoms with Crippen molar-refractivity contribution < 1.29 is 4.79 Å². The van der Waals surface area contributed by atoms with Crippen molar-refractivity contribution in [3.8, 4) is 0 Å². The molecule has 6 heteroatoms. The summed E-state index contributed by atoms with van der Waals surface area (Å²) in [5.74, 6) is 5.76. The van der Waals surface area contributed by atoms with E-state index < -0.39 is 0 Å². The van der Waals surface area contributed by atoms with Crippen LogP contribution in [-0.2, 0) is 0 Å². The van der Waals surface area contributed by atoms with E-state index in [-0.39, 0.29) is 5.91 Å². The maximum absolute atomic E-state index is 12.1. The van der Waals surface area contributed by atoms with E-state index in [0.717, 1.165) is 25.3 Å². The molecule has 0 atom stereocenters. The van der Waals surface area contributed by atoms with Crippen molar-refractivity contribution in [3.05, 3.63) is 23.4 Å². The van der Waals surface area contributed by atoms with Crippen LogP contribution in [0.4, 0.5) is 5.82 Å². The lowest BCUT2D eigenvalue weighted by Gasteiger charge is -2.26. The van der Waals surface area contributed by atoms with Crippen molar-refractivity contribution in [2.24, 2.45) is 5.84 Å². The Morgan fingerprint density at radius 1 is 1.35 bits per heavy atom. The summed E-state index contributed by atoms with van der Waals surface area (Å²) in [4.78, 5) is 18.6. The summed E-state index contributed by atoms with van der Waals surface area (Å²) in [6, 6.07) is 3.42. The quantitative estimate of drug-likeness (QED) is 0.550. The summed E-state index contributed by atoms with van der Waals surface area (Å²) in [5.41, 5.74) is 3.82. The van der Waals surface area contributed by atoms with E-state index >= 15 is 0 Å². The third-order valence-corrected chi connectivity index (χ3v) is 3.53. The first kappa shape index (κ1) is 14.7. The van der Waals surface area contributed by atoms with E-state index in [1.54, 1.807) is 12.1 Å². The Balaban J connectivity index is 1.83. The first-order valence-electron chi connectivity index (χ1n) is 7.15. The van der Waals surface area contributed by atoms with Crippen LogP contribution in [0.1, 0.15) is 35.3 Å². The molecule has 4 N–H and O–H groups in total. The predicted molar refractivity (Wildman–Crippen MR) is 79.4 cm³/mol. The second-order valence-electron chi connectivity index (χ2n) is 5.18. The summed E-state index contributed by atoms with van der Waals surface area (Å²) in [5, 5.41) is 2.95. The zero-order valence-electron chi connectivity index (χ0n) is 12.0. The third-order valence-electron chi connectivity index (χ3n) is 3.53. The molecule has 2 rings (SSSR count). The Morgan fingerprint density at radius 2 is 2.10 bits per heavy atom. The Labute approximate surface area is 119 Å². The lowest BCUT2D eigenvalue weighted by Crippen LogP contribution is -2.37. The van der Waals surface area contributed by atoms with Gasteiger partial charge in [0.25, 0.3) is 5.91 Å². The molecule has 1 aromatic heterocycles. The summed E-state index contributed by atoms with van der Waals surface area (Å²) < 4.78 is 0. The molecule has 6 nitrogen and oxygen atoms in total. The molecule has 2 heterocycles. The number of aryl methyl sites for hydroxylation is 1. The minimum absolute atomic E-state index is 0.0796. The van der Waals surface area contributed by atoms with Gasteiger partial charge in [-0.15, -0.1) is 0 Å². The predicted octanol–water partition coefficient (Wildman–Crippen LogP) is 0.891. The maximum atomic E-state index is 12.1. The van der Waals surface area contributed by atoms with Crippen molar-refractivity contribution in [1.82, 2.24) is 15.2 Å². The van der Waals surface area contributed by atoms with Gasteiger partial charge in [-0.1, -0.05) is 6.42 Å². The molecule has 0 spiro atoms. The van der Waals surface area contributed by atoms with Gasteiger partial charge in [0.2, 0.25) is 0 Å². The highest BCUT2D eigenvalue weighted by atomic mass is 16.1. The fraction of sp³-hybridized carbons (Fsp3) is 0.571. The molecule has 1 aliphatic rings. The van der Waals surface area contributed by atoms with Crippen molar-refractivity contribution in [1.29, 1.82) is 0 Å². The van der Waals surface area contributed by atoms with Crippen molar-refractivity contribution in [3.63, 3.8) is 0 Å². The van der Waals surface area contributed by atoms with E-state index in [4.69, 9.17) is 5.84 Å². The smallest absolute Gasteiger partial charge is 0.251 e. The van der Waals surface area contributed by atoms with Gasteiger partial charge >= 0.3 is 0 Å². The molecule has 1 aromatic rings. The molecule has 1 saturated heterocycles. The van der Waals surface area contributed by atoms with Crippen LogP contribution in [0.15, 0.2) is 12.1 Å². The molecule has 0 aromatic carbocycles. The molecule has 0 aliphatic carbocycles. The molecular formula is C14H23N5O. The fourth-order valence-corrected chi connectivity index (χ4v) is 2.49. The first-order valence-corrected chi connectivity index (χ1v) is 7.15. The Morgan fingerprint density at radius 3 is 2.80 bits per heavy atom. The number of carbonyl (C=O) groups is 1. The number of amides is 1. The number of pyridine rings is 1. The van der Waals surface area contributed by atoms with Gasteiger partial charge in [0, 0.05) is 24.3 Å². The second kappa shape index (κ2) is 7.21. The molecule has 110 valence electrons. The summed E-state index contributed by atoms with van der Waals surface area (Å²) in [6.45, 7) is 5.71. The van der Waals surface area contributed by atoms with Crippen LogP contribution in [-0.4, -0.2) is 42.0 Å². The van der Waals surface area contributed by atoms with Crippen LogP contribution < -0.4 is 16.6 Å². The first-order chi connectivity index (χ1) is 9.69. The number of nitrogens with one attached hydrogen (secondary N) is 2. The van der Waals surface area contributed by atoms with Gasteiger partial charge in [0.05, 0.1) is 0 Å². The highest BCUT2D eigenvalue weighted by Gasteiger charge is 2.11. The van der Waals surface area contributed by atoms with Gasteiger partial charge in [-0.2, -0.15) is 0 Å². The van der Waals surface area contributed by atoms with Crippen molar-refractivity contribution in [2.75, 3.05) is 31.6 Å². The van der Waals surface area contributed by atoms with Crippen LogP contribution in [0.3, 0.4) is 0 Å². The van der Waals surface area contributed by atoms with Crippen LogP contribution in [0.5, 0.6) is 0 Å². The SMILES string of the molecule is Cc1cc(C(=O)NCCN2CCCCC2)cc(NN)n1. The molecule has 20 heavy (non-hydrogen) atoms. The largest absolute Gasteiger partial charge is 0.351 e. The number of piperidine rings is 1. The number of hydrazine groups is 1. The summed E-state index contributed by atoms with van der Waals surface area (Å²) >= 11 is 0. The normalized spacial score (nSPS) is 15.9. The lowest BCUT2D eigenvalue weighted by atomic mass is 10.1. The van der Waals surface area contributed by atoms with E-state index in [9.17, 15) is 4.79 Å². The maximum Gasteiger partial charge on any atom is 0.251 e. The second-order valence-corrected chi connectivity index (χ2v) is 5.18. The number of hydrogen-bond acceptors (Lipinski definition) is 5. The minimum atomic E-state index is -0.0796. The average molecular weight is 277 g/mol. The third kappa shape index (κ3) is 4.18. The number of nitrogen functional groups attached to an aromatic ring is 1. The van der Waals surface area contributed by atoms with Gasteiger partial charge in [-0.3, -0.25) is 4.79 Å². The highest BCUT2D eigenvalue weighted by molar-refractivity contribution is 5.94. The van der Waals surface area contributed by atoms with Crippen molar-refractivity contribution in [2.45, 2.75) is 26.2 Å². The standard InChI is InChI=1S/C14H23N5O/c1-11-9-12(10-13(17-11)18-15)14(20)16-5-8-19-6-3-2-4-7-19/h9-10H,2-8,15H2,1H3,(H,16,20)(H,17,18). The van der Waals surface area contributed by atoms with Gasteiger partial charge in [0.15, 0.2) is 0 Å². The molecule has 1 fully saturated rings. The van der Waals surface area contributed by atoms with Gasteiger partial charge in [0.1, 0.15) is 5.82 Å². The summed E-state index contributed by atoms with van der Waals surface area (Å²) in [7, 11) is 0. The Hall–Kier alpha value is -1.66. The Kier molecular flexibility index (Phi) is 5.31. The molecule has 1 amide bonds. The van der Waals surface area contributed by atoms with Gasteiger partial charge in [-0.05, 0) is 45.0 Å². The highest BCUT2D eigenvalue weighted by Crippen LogP contribution is 2.09. The van der Waals surface area contributed by atoms with E-state index in [0.29, 0.717) is 17.9 Å². The zero-order chi connectivity index (χ0) is 14.4. The van der Waals surface area contributed by atoms with E-state index in [1.807, 2.05) is 6.92 Å². The summed E-state index contributed by atoms with van der Waals surface area (Å²) in [6.07, 6.45) is 3.86. The number of carbonyl (C=O) groups excluding carboxylic acids is 1. The number of aromatic nitrogens is 1. The van der Waals surface area contributed by atoms with Crippen LogP contribution in [0.25, 0.3) is 0 Å². The number of likely N-dealkylation sites (tertiary alicyclic amines) is 1. The lowest BCUT2D eigenvalue weighted by molar-refractivity contribution is 0.0946. The molecule has 0 bridgehead atoms. The number of nitrogens with two attached hydrogens (primary N) is 1. The van der Waals surface area contributed by atoms with Gasteiger partial charge < -0.3 is 15.6 Å². The van der Waals surface area contributed by atoms with Crippen molar-refractivity contribution >= 4 is 11.7 Å². The topological polar surface area (TPSA) is 83.3 Å². The fourth-order valence-electron chi connectivity index (χ4n) is 2.49. The Bertz CT molecular complexity index is 457.